The molecule has 0 saturated heterocycles. The van der Waals surface area contributed by atoms with Crippen molar-refractivity contribution in [2.24, 2.45) is 0 Å². The van der Waals surface area contributed by atoms with E-state index in [4.69, 9.17) is 0 Å². The minimum absolute atomic E-state index is 0. The van der Waals surface area contributed by atoms with E-state index < -0.39 is 16.1 Å². The van der Waals surface area contributed by atoms with E-state index in [1.165, 1.54) is 23.3 Å². The van der Waals surface area contributed by atoms with E-state index in [1.807, 2.05) is 0 Å². The van der Waals surface area contributed by atoms with Crippen molar-refractivity contribution in [3.05, 3.63) is 63.4 Å². The van der Waals surface area contributed by atoms with Crippen LogP contribution < -0.4 is 34.9 Å². The maximum Gasteiger partial charge on any atom is 1.00 e. The van der Waals surface area contributed by atoms with Crippen LogP contribution in [0, 0.1) is 0 Å². The Labute approximate surface area is 175 Å². The van der Waals surface area contributed by atoms with Crippen LogP contribution in [0.5, 0.6) is 0 Å². The summed E-state index contributed by atoms with van der Waals surface area (Å²) >= 11 is 0. The summed E-state index contributed by atoms with van der Waals surface area (Å²) in [5.41, 5.74) is 5.67. The van der Waals surface area contributed by atoms with Crippen molar-refractivity contribution < 1.29 is 42.8 Å². The van der Waals surface area contributed by atoms with Gasteiger partial charge in [-0.25, -0.2) is 8.42 Å². The van der Waals surface area contributed by atoms with Gasteiger partial charge in [-0.1, -0.05) is 24.3 Å². The Morgan fingerprint density at radius 1 is 0.923 bits per heavy atom. The normalized spacial score (nSPS) is 14.9. The number of urea groups is 1. The van der Waals surface area contributed by atoms with Gasteiger partial charge in [0.25, 0.3) is 0 Å². The van der Waals surface area contributed by atoms with E-state index in [-0.39, 0.29) is 34.5 Å². The van der Waals surface area contributed by atoms with Crippen molar-refractivity contribution in [2.45, 2.75) is 43.4 Å². The van der Waals surface area contributed by atoms with Gasteiger partial charge in [0.2, 0.25) is 10.0 Å². The van der Waals surface area contributed by atoms with Crippen LogP contribution in [0.2, 0.25) is 0 Å². The quantitative estimate of drug-likeness (QED) is 0.809. The fraction of sp³-hybridized carbons (Fsp3) is 0.316. The van der Waals surface area contributed by atoms with Gasteiger partial charge < -0.3 is 10.0 Å². The molecule has 0 atom stereocenters. The van der Waals surface area contributed by atoms with Crippen LogP contribution in [0.1, 0.15) is 35.1 Å². The summed E-state index contributed by atoms with van der Waals surface area (Å²) < 4.78 is 28.0. The second-order valence-corrected chi connectivity index (χ2v) is 8.15. The fourth-order valence-electron chi connectivity index (χ4n) is 3.85. The average Bonchev–Trinajstić information content (AvgIpc) is 3.24. The number of aryl methyl sites for hydroxylation is 2. The average molecular weight is 378 g/mol. The predicted molar refractivity (Wildman–Crippen MR) is 96.5 cm³/mol. The number of hydrogen-bond acceptors (Lipinski definition) is 3. The topological polar surface area (TPSA) is 77.3 Å². The second kappa shape index (κ2) is 7.72. The van der Waals surface area contributed by atoms with Gasteiger partial charge in [-0.05, 0) is 78.6 Å². The van der Waals surface area contributed by atoms with E-state index in [9.17, 15) is 13.2 Å². The van der Waals surface area contributed by atoms with E-state index in [2.05, 4.69) is 16.1 Å². The van der Waals surface area contributed by atoms with Gasteiger partial charge in [-0.15, -0.1) is 0 Å². The molecule has 2 aromatic carbocycles. The molecule has 0 heterocycles. The molecule has 5 nitrogen and oxygen atoms in total. The van der Waals surface area contributed by atoms with Crippen molar-refractivity contribution in [3.63, 3.8) is 0 Å². The summed E-state index contributed by atoms with van der Waals surface area (Å²) in [7, 11) is -3.99. The third-order valence-electron chi connectivity index (χ3n) is 4.95. The predicted octanol–water partition coefficient (Wildman–Crippen LogP) is 0.962. The summed E-state index contributed by atoms with van der Waals surface area (Å²) in [5, 5.41) is 2.78. The van der Waals surface area contributed by atoms with Crippen molar-refractivity contribution in [3.8, 4) is 0 Å². The number of rotatable bonds is 3. The summed E-state index contributed by atoms with van der Waals surface area (Å²) in [4.78, 5) is 12.4. The first kappa shape index (κ1) is 19.4. The maximum absolute atomic E-state index is 12.3. The molecule has 0 saturated carbocycles. The molecule has 4 rings (SSSR count). The molecule has 0 unspecified atom stereocenters. The van der Waals surface area contributed by atoms with Crippen LogP contribution in [-0.2, 0) is 35.7 Å². The van der Waals surface area contributed by atoms with E-state index >= 15 is 0 Å². The molecule has 0 radical (unpaired) electrons. The Morgan fingerprint density at radius 3 is 2.08 bits per heavy atom. The van der Waals surface area contributed by atoms with Crippen LogP contribution in [0.4, 0.5) is 10.5 Å². The molecule has 130 valence electrons. The summed E-state index contributed by atoms with van der Waals surface area (Å²) in [6.45, 7) is 0. The first-order valence-electron chi connectivity index (χ1n) is 8.55. The Bertz CT molecular complexity index is 911. The first-order valence-corrected chi connectivity index (χ1v) is 9.99. The Kier molecular flexibility index (Phi) is 5.77. The molecule has 2 aliphatic carbocycles. The number of hydrogen-bond donors (Lipinski definition) is 1. The van der Waals surface area contributed by atoms with Gasteiger partial charge in [-0.3, -0.25) is 4.79 Å². The number of fused-ring (bicyclic) bond motifs is 2. The molecule has 7 heteroatoms. The van der Waals surface area contributed by atoms with Crippen molar-refractivity contribution in [2.75, 3.05) is 5.32 Å². The van der Waals surface area contributed by atoms with Crippen LogP contribution in [0.15, 0.2) is 41.3 Å². The van der Waals surface area contributed by atoms with Gasteiger partial charge in [0, 0.05) is 0 Å². The minimum atomic E-state index is -3.99. The standard InChI is InChI=1S/C19H20N2O3S.Na/c22-19(21-25(23,24)15-8-2-1-3-9-15)20-18-16-10-4-6-13(16)12-14-7-5-11-17(14)18;/h1-3,8-9,12H,4-7,10-11H2,(H2,20,21,22);/q;+1/p-1. The number of anilines is 1. The molecule has 2 amide bonds. The summed E-state index contributed by atoms with van der Waals surface area (Å²) in [6, 6.07) is 9.24. The number of amides is 2. The Balaban J connectivity index is 0.00000196. The van der Waals surface area contributed by atoms with Gasteiger partial charge in [0.15, 0.2) is 6.03 Å². The zero-order valence-corrected chi connectivity index (χ0v) is 17.6. The number of carbonyl (C=O) groups excluding carboxylic acids is 1. The number of sulfonamides is 1. The number of benzene rings is 2. The van der Waals surface area contributed by atoms with E-state index in [0.29, 0.717) is 0 Å². The molecule has 2 aromatic rings. The zero-order valence-electron chi connectivity index (χ0n) is 14.8. The largest absolute Gasteiger partial charge is 1.00 e. The van der Waals surface area contributed by atoms with Crippen molar-refractivity contribution in [1.29, 1.82) is 0 Å². The molecule has 1 N–H and O–H groups in total. The molecule has 0 spiro atoms. The second-order valence-electron chi connectivity index (χ2n) is 6.54. The maximum atomic E-state index is 12.3. The summed E-state index contributed by atoms with van der Waals surface area (Å²) in [5.74, 6) is 0. The van der Waals surface area contributed by atoms with Gasteiger partial charge in [0.05, 0.1) is 4.90 Å². The van der Waals surface area contributed by atoms with E-state index in [1.54, 1.807) is 18.2 Å². The molecular weight excluding hydrogens is 359 g/mol. The molecule has 26 heavy (non-hydrogen) atoms. The molecule has 0 aliphatic heterocycles. The fourth-order valence-corrected chi connectivity index (χ4v) is 4.72. The summed E-state index contributed by atoms with van der Waals surface area (Å²) in [6.07, 6.45) is 6.02. The van der Waals surface area contributed by atoms with Crippen LogP contribution in [0.3, 0.4) is 0 Å². The van der Waals surface area contributed by atoms with Crippen LogP contribution in [-0.4, -0.2) is 14.4 Å². The molecular formula is C19H19N2NaO3S. The minimum Gasteiger partial charge on any atom is -0.423 e. The molecule has 0 bridgehead atoms. The molecule has 0 aromatic heterocycles. The monoisotopic (exact) mass is 378 g/mol. The van der Waals surface area contributed by atoms with Gasteiger partial charge >= 0.3 is 29.6 Å². The van der Waals surface area contributed by atoms with E-state index in [0.717, 1.165) is 55.3 Å². The van der Waals surface area contributed by atoms with Gasteiger partial charge in [-0.2, -0.15) is 0 Å². The van der Waals surface area contributed by atoms with Crippen LogP contribution in [0.25, 0.3) is 4.72 Å². The van der Waals surface area contributed by atoms with Gasteiger partial charge in [0.1, 0.15) is 0 Å². The number of nitrogens with zero attached hydrogens (tertiary/aromatic N) is 1. The number of carbonyl (C=O) groups is 1. The molecule has 2 aliphatic rings. The SMILES string of the molecule is O=C([N-]S(=O)(=O)c1ccccc1)Nc1c2c(cc3c1CCC3)CCC2.[Na+]. The first-order chi connectivity index (χ1) is 12.0. The third kappa shape index (κ3) is 3.69. The molecule has 0 fully saturated rings. The third-order valence-corrected chi connectivity index (χ3v) is 6.22. The van der Waals surface area contributed by atoms with Crippen molar-refractivity contribution in [1.82, 2.24) is 0 Å². The Morgan fingerprint density at radius 2 is 1.50 bits per heavy atom. The smallest absolute Gasteiger partial charge is 0.423 e. The number of nitrogens with one attached hydrogen (secondary N) is 1. The van der Waals surface area contributed by atoms with Crippen LogP contribution >= 0.6 is 0 Å². The van der Waals surface area contributed by atoms with Crippen molar-refractivity contribution >= 4 is 21.7 Å². The zero-order chi connectivity index (χ0) is 17.4. The Hall–Kier alpha value is -1.34.